The van der Waals surface area contributed by atoms with Crippen LogP contribution >= 0.6 is 11.6 Å². The molecule has 0 amide bonds. The highest BCUT2D eigenvalue weighted by Gasteiger charge is 2.30. The Kier molecular flexibility index (Phi) is 6.75. The second-order valence-corrected chi connectivity index (χ2v) is 5.99. The Balaban J connectivity index is 2.22. The molecule has 1 atom stereocenters. The average Bonchev–Trinajstić information content (AvgIpc) is 2.31. The predicted octanol–water partition coefficient (Wildman–Crippen LogP) is 4.20. The molecule has 0 bridgehead atoms. The van der Waals surface area contributed by atoms with Gasteiger partial charge in [0.2, 0.25) is 0 Å². The second-order valence-electron chi connectivity index (χ2n) is 5.72. The monoisotopic (exact) mass is 245 g/mol. The first-order valence-electron chi connectivity index (χ1n) is 6.99. The lowest BCUT2D eigenvalue weighted by atomic mass is 9.75. The Morgan fingerprint density at radius 1 is 1.25 bits per heavy atom. The van der Waals surface area contributed by atoms with Crippen molar-refractivity contribution in [3.63, 3.8) is 0 Å². The molecule has 0 aromatic heterocycles. The Morgan fingerprint density at radius 2 is 1.94 bits per heavy atom. The molecule has 1 aliphatic carbocycles. The molecule has 1 unspecified atom stereocenters. The van der Waals surface area contributed by atoms with E-state index in [0.717, 1.165) is 24.9 Å². The third-order valence-electron chi connectivity index (χ3n) is 3.97. The maximum absolute atomic E-state index is 6.17. The van der Waals surface area contributed by atoms with Gasteiger partial charge in [-0.1, -0.05) is 39.5 Å². The van der Waals surface area contributed by atoms with Crippen LogP contribution in [0, 0.1) is 11.3 Å². The first-order valence-corrected chi connectivity index (χ1v) is 7.52. The highest BCUT2D eigenvalue weighted by molar-refractivity contribution is 6.18. The van der Waals surface area contributed by atoms with Gasteiger partial charge in [0, 0.05) is 12.4 Å². The molecule has 0 radical (unpaired) electrons. The van der Waals surface area contributed by atoms with Crippen LogP contribution in [0.2, 0.25) is 0 Å². The summed E-state index contributed by atoms with van der Waals surface area (Å²) in [5.74, 6) is 1.64. The number of nitrogens with one attached hydrogen (secondary N) is 1. The van der Waals surface area contributed by atoms with Crippen LogP contribution in [0.15, 0.2) is 0 Å². The van der Waals surface area contributed by atoms with Gasteiger partial charge in [0.05, 0.1) is 0 Å². The molecule has 1 N–H and O–H groups in total. The minimum absolute atomic E-state index is 0.408. The highest BCUT2D eigenvalue weighted by Crippen LogP contribution is 2.36. The van der Waals surface area contributed by atoms with E-state index in [4.69, 9.17) is 11.6 Å². The van der Waals surface area contributed by atoms with Gasteiger partial charge in [-0.05, 0) is 37.1 Å². The lowest BCUT2D eigenvalue weighted by Crippen LogP contribution is -2.39. The van der Waals surface area contributed by atoms with E-state index in [9.17, 15) is 0 Å². The van der Waals surface area contributed by atoms with E-state index in [-0.39, 0.29) is 0 Å². The van der Waals surface area contributed by atoms with Gasteiger partial charge in [-0.15, -0.1) is 11.6 Å². The van der Waals surface area contributed by atoms with E-state index in [1.165, 1.54) is 44.9 Å². The van der Waals surface area contributed by atoms with Crippen LogP contribution in [-0.2, 0) is 0 Å². The maximum atomic E-state index is 6.17. The van der Waals surface area contributed by atoms with E-state index in [1.54, 1.807) is 0 Å². The highest BCUT2D eigenvalue weighted by atomic mass is 35.5. The molecule has 1 nitrogen and oxygen atoms in total. The normalized spacial score (nSPS) is 21.9. The quantitative estimate of drug-likeness (QED) is 0.663. The van der Waals surface area contributed by atoms with Gasteiger partial charge in [0.25, 0.3) is 0 Å². The van der Waals surface area contributed by atoms with Crippen molar-refractivity contribution in [2.45, 2.75) is 58.8 Å². The van der Waals surface area contributed by atoms with E-state index in [2.05, 4.69) is 19.2 Å². The fourth-order valence-electron chi connectivity index (χ4n) is 2.84. The average molecular weight is 246 g/mol. The molecule has 2 heteroatoms. The molecule has 1 aliphatic rings. The maximum Gasteiger partial charge on any atom is 0.0292 e. The summed E-state index contributed by atoms with van der Waals surface area (Å²) in [5.41, 5.74) is 0.408. The second kappa shape index (κ2) is 7.55. The van der Waals surface area contributed by atoms with Crippen molar-refractivity contribution in [1.29, 1.82) is 0 Å². The zero-order chi connectivity index (χ0) is 11.9. The smallest absolute Gasteiger partial charge is 0.0292 e. The minimum Gasteiger partial charge on any atom is -0.316 e. The number of rotatable bonds is 7. The standard InChI is InChI=1S/C14H28ClN/c1-3-7-13(2)10-16-12-14(11-15)8-5-4-6-9-14/h13,16H,3-12H2,1-2H3. The van der Waals surface area contributed by atoms with Gasteiger partial charge in [-0.3, -0.25) is 0 Å². The summed E-state index contributed by atoms with van der Waals surface area (Å²) in [6.07, 6.45) is 9.43. The number of hydrogen-bond donors (Lipinski definition) is 1. The van der Waals surface area contributed by atoms with Gasteiger partial charge in [-0.25, -0.2) is 0 Å². The topological polar surface area (TPSA) is 12.0 Å². The van der Waals surface area contributed by atoms with Crippen LogP contribution < -0.4 is 5.32 Å². The van der Waals surface area contributed by atoms with Crippen molar-refractivity contribution in [1.82, 2.24) is 5.32 Å². The van der Waals surface area contributed by atoms with Crippen LogP contribution in [0.3, 0.4) is 0 Å². The summed E-state index contributed by atoms with van der Waals surface area (Å²) in [5, 5.41) is 3.65. The zero-order valence-corrected chi connectivity index (χ0v) is 11.8. The van der Waals surface area contributed by atoms with Crippen LogP contribution in [0.1, 0.15) is 58.8 Å². The molecule has 1 rings (SSSR count). The Labute approximate surface area is 106 Å². The van der Waals surface area contributed by atoms with Crippen molar-refractivity contribution < 1.29 is 0 Å². The summed E-state index contributed by atoms with van der Waals surface area (Å²) in [6.45, 7) is 6.89. The minimum atomic E-state index is 0.408. The summed E-state index contributed by atoms with van der Waals surface area (Å²) >= 11 is 6.17. The van der Waals surface area contributed by atoms with E-state index in [0.29, 0.717) is 5.41 Å². The van der Waals surface area contributed by atoms with Crippen molar-refractivity contribution in [2.24, 2.45) is 11.3 Å². The number of halogens is 1. The Bertz CT molecular complexity index is 176. The molecule has 1 saturated carbocycles. The Morgan fingerprint density at radius 3 is 2.50 bits per heavy atom. The predicted molar refractivity (Wildman–Crippen MR) is 73.2 cm³/mol. The first kappa shape index (κ1) is 14.3. The number of alkyl halides is 1. The SMILES string of the molecule is CCCC(C)CNCC1(CCl)CCCCC1. The first-order chi connectivity index (χ1) is 7.72. The molecule has 0 aliphatic heterocycles. The lowest BCUT2D eigenvalue weighted by Gasteiger charge is -2.36. The molecule has 1 fully saturated rings. The fourth-order valence-corrected chi connectivity index (χ4v) is 3.20. The molecule has 96 valence electrons. The largest absolute Gasteiger partial charge is 0.316 e. The van der Waals surface area contributed by atoms with Crippen molar-refractivity contribution in [2.75, 3.05) is 19.0 Å². The van der Waals surface area contributed by atoms with Crippen LogP contribution in [-0.4, -0.2) is 19.0 Å². The van der Waals surface area contributed by atoms with Gasteiger partial charge in [-0.2, -0.15) is 0 Å². The van der Waals surface area contributed by atoms with Gasteiger partial charge in [0.15, 0.2) is 0 Å². The van der Waals surface area contributed by atoms with Crippen LogP contribution in [0.5, 0.6) is 0 Å². The van der Waals surface area contributed by atoms with Gasteiger partial charge >= 0.3 is 0 Å². The van der Waals surface area contributed by atoms with E-state index >= 15 is 0 Å². The molecular formula is C14H28ClN. The molecule has 0 aromatic carbocycles. The summed E-state index contributed by atoms with van der Waals surface area (Å²) in [4.78, 5) is 0. The molecule has 0 spiro atoms. The van der Waals surface area contributed by atoms with Crippen molar-refractivity contribution in [3.8, 4) is 0 Å². The molecule has 0 aromatic rings. The lowest BCUT2D eigenvalue weighted by molar-refractivity contribution is 0.209. The summed E-state index contributed by atoms with van der Waals surface area (Å²) in [7, 11) is 0. The van der Waals surface area contributed by atoms with Crippen molar-refractivity contribution >= 4 is 11.6 Å². The van der Waals surface area contributed by atoms with E-state index < -0.39 is 0 Å². The third-order valence-corrected chi connectivity index (χ3v) is 4.54. The Hall–Kier alpha value is 0.250. The van der Waals surface area contributed by atoms with Gasteiger partial charge < -0.3 is 5.32 Å². The number of hydrogen-bond acceptors (Lipinski definition) is 1. The van der Waals surface area contributed by atoms with Gasteiger partial charge in [0.1, 0.15) is 0 Å². The summed E-state index contributed by atoms with van der Waals surface area (Å²) in [6, 6.07) is 0. The molecule has 0 saturated heterocycles. The summed E-state index contributed by atoms with van der Waals surface area (Å²) < 4.78 is 0. The van der Waals surface area contributed by atoms with E-state index in [1.807, 2.05) is 0 Å². The third kappa shape index (κ3) is 4.63. The molecular weight excluding hydrogens is 218 g/mol. The molecule has 0 heterocycles. The van der Waals surface area contributed by atoms with Crippen LogP contribution in [0.25, 0.3) is 0 Å². The van der Waals surface area contributed by atoms with Crippen molar-refractivity contribution in [3.05, 3.63) is 0 Å². The molecule has 16 heavy (non-hydrogen) atoms. The fraction of sp³-hybridized carbons (Fsp3) is 1.00. The zero-order valence-electron chi connectivity index (χ0n) is 11.0. The van der Waals surface area contributed by atoms with Crippen LogP contribution in [0.4, 0.5) is 0 Å².